The van der Waals surface area contributed by atoms with E-state index in [0.29, 0.717) is 18.8 Å². The number of benzene rings is 1. The Bertz CT molecular complexity index is 593. The van der Waals surface area contributed by atoms with Gasteiger partial charge in [-0.15, -0.1) is 0 Å². The van der Waals surface area contributed by atoms with Crippen LogP contribution in [-0.4, -0.2) is 29.8 Å². The molecule has 0 spiro atoms. The van der Waals surface area contributed by atoms with Gasteiger partial charge < -0.3 is 16.4 Å². The lowest BCUT2D eigenvalue weighted by Gasteiger charge is -2.18. The number of amides is 2. The van der Waals surface area contributed by atoms with Crippen molar-refractivity contribution in [3.8, 4) is 0 Å². The fraction of sp³-hybridized carbons (Fsp3) is 0.429. The predicted molar refractivity (Wildman–Crippen MR) is 82.6 cm³/mol. The Morgan fingerprint density at radius 2 is 1.91 bits per heavy atom. The Morgan fingerprint density at radius 3 is 2.41 bits per heavy atom. The minimum absolute atomic E-state index is 0.0383. The van der Waals surface area contributed by atoms with Crippen LogP contribution in [0.2, 0.25) is 0 Å². The van der Waals surface area contributed by atoms with Gasteiger partial charge in [-0.3, -0.25) is 19.7 Å². The summed E-state index contributed by atoms with van der Waals surface area (Å²) >= 11 is 0. The van der Waals surface area contributed by atoms with E-state index in [1.54, 1.807) is 20.8 Å². The van der Waals surface area contributed by atoms with Crippen LogP contribution in [0.25, 0.3) is 0 Å². The lowest BCUT2D eigenvalue weighted by atomic mass is 9.96. The van der Waals surface area contributed by atoms with Gasteiger partial charge >= 0.3 is 0 Å². The molecular formula is C14H20N4O4. The number of anilines is 1. The minimum Gasteiger partial charge on any atom is -0.383 e. The van der Waals surface area contributed by atoms with Crippen LogP contribution in [0.4, 0.5) is 11.4 Å². The average molecular weight is 308 g/mol. The number of nitrogens with two attached hydrogens (primary N) is 1. The van der Waals surface area contributed by atoms with Gasteiger partial charge in [0.2, 0.25) is 5.91 Å². The van der Waals surface area contributed by atoms with Gasteiger partial charge in [0, 0.05) is 36.3 Å². The van der Waals surface area contributed by atoms with Crippen LogP contribution in [0.3, 0.4) is 0 Å². The molecule has 0 aliphatic heterocycles. The van der Waals surface area contributed by atoms with Crippen molar-refractivity contribution >= 4 is 23.2 Å². The quantitative estimate of drug-likeness (QED) is 0.414. The summed E-state index contributed by atoms with van der Waals surface area (Å²) in [5, 5.41) is 16.4. The van der Waals surface area contributed by atoms with Gasteiger partial charge in [-0.1, -0.05) is 20.8 Å². The van der Waals surface area contributed by atoms with Crippen molar-refractivity contribution in [2.45, 2.75) is 20.8 Å². The van der Waals surface area contributed by atoms with Crippen LogP contribution in [0.15, 0.2) is 18.2 Å². The maximum atomic E-state index is 11.7. The molecule has 0 heterocycles. The maximum Gasteiger partial charge on any atom is 0.270 e. The lowest BCUT2D eigenvalue weighted by molar-refractivity contribution is -0.384. The standard InChI is InChI=1S/C14H20N4O4/c1-14(2,3)13(20)17-7-6-16-11-5-4-9(18(21)22)8-10(11)12(15)19/h4-5,8,16H,6-7H2,1-3H3,(H2,15,19)(H,17,20). The molecule has 0 aliphatic rings. The van der Waals surface area contributed by atoms with Crippen LogP contribution < -0.4 is 16.4 Å². The number of rotatable bonds is 6. The number of primary amides is 1. The SMILES string of the molecule is CC(C)(C)C(=O)NCCNc1ccc([N+](=O)[O-])cc1C(N)=O. The third kappa shape index (κ3) is 4.72. The van der Waals surface area contributed by atoms with Crippen molar-refractivity contribution in [2.75, 3.05) is 18.4 Å². The molecule has 1 aromatic carbocycles. The van der Waals surface area contributed by atoms with Gasteiger partial charge in [0.25, 0.3) is 11.6 Å². The molecule has 0 fully saturated rings. The summed E-state index contributed by atoms with van der Waals surface area (Å²) in [5.74, 6) is -0.849. The highest BCUT2D eigenvalue weighted by atomic mass is 16.6. The number of non-ortho nitro benzene ring substituents is 1. The molecule has 4 N–H and O–H groups in total. The molecule has 1 aromatic rings. The zero-order chi connectivity index (χ0) is 16.9. The van der Waals surface area contributed by atoms with E-state index in [-0.39, 0.29) is 17.2 Å². The number of nitro benzene ring substituents is 1. The van der Waals surface area contributed by atoms with Crippen molar-refractivity contribution in [3.05, 3.63) is 33.9 Å². The lowest BCUT2D eigenvalue weighted by Crippen LogP contribution is -2.37. The Kier molecular flexibility index (Phi) is 5.44. The van der Waals surface area contributed by atoms with E-state index >= 15 is 0 Å². The molecule has 0 aromatic heterocycles. The first-order chi connectivity index (χ1) is 10.1. The number of nitrogens with one attached hydrogen (secondary N) is 2. The number of hydrogen-bond donors (Lipinski definition) is 3. The zero-order valence-electron chi connectivity index (χ0n) is 12.8. The van der Waals surface area contributed by atoms with E-state index in [2.05, 4.69) is 10.6 Å². The molecule has 0 radical (unpaired) electrons. The largest absolute Gasteiger partial charge is 0.383 e. The molecule has 0 aliphatic carbocycles. The van der Waals surface area contributed by atoms with Crippen LogP contribution in [0.1, 0.15) is 31.1 Å². The number of hydrogen-bond acceptors (Lipinski definition) is 5. The van der Waals surface area contributed by atoms with E-state index in [4.69, 9.17) is 5.73 Å². The van der Waals surface area contributed by atoms with Crippen LogP contribution in [-0.2, 0) is 4.79 Å². The summed E-state index contributed by atoms with van der Waals surface area (Å²) in [6.07, 6.45) is 0. The predicted octanol–water partition coefficient (Wildman–Crippen LogP) is 1.27. The zero-order valence-corrected chi connectivity index (χ0v) is 12.8. The first-order valence-corrected chi connectivity index (χ1v) is 6.73. The average Bonchev–Trinajstić information content (AvgIpc) is 2.41. The van der Waals surface area contributed by atoms with E-state index in [1.165, 1.54) is 12.1 Å². The Morgan fingerprint density at radius 1 is 1.27 bits per heavy atom. The number of nitro groups is 1. The Hall–Kier alpha value is -2.64. The molecule has 120 valence electrons. The summed E-state index contributed by atoms with van der Waals surface area (Å²) in [6.45, 7) is 6.12. The summed E-state index contributed by atoms with van der Waals surface area (Å²) in [6, 6.07) is 3.82. The molecule has 0 unspecified atom stereocenters. The van der Waals surface area contributed by atoms with Gasteiger partial charge in [0.1, 0.15) is 0 Å². The van der Waals surface area contributed by atoms with Crippen molar-refractivity contribution in [1.29, 1.82) is 0 Å². The highest BCUT2D eigenvalue weighted by Crippen LogP contribution is 2.21. The highest BCUT2D eigenvalue weighted by molar-refractivity contribution is 5.99. The second-order valence-electron chi connectivity index (χ2n) is 5.78. The smallest absolute Gasteiger partial charge is 0.270 e. The second-order valence-corrected chi connectivity index (χ2v) is 5.78. The summed E-state index contributed by atoms with van der Waals surface area (Å²) in [5.41, 5.74) is 4.96. The topological polar surface area (TPSA) is 127 Å². The summed E-state index contributed by atoms with van der Waals surface area (Å²) in [4.78, 5) is 33.1. The Labute approximate surface area is 128 Å². The molecule has 2 amide bonds. The summed E-state index contributed by atoms with van der Waals surface area (Å²) in [7, 11) is 0. The first-order valence-electron chi connectivity index (χ1n) is 6.73. The number of nitrogens with zero attached hydrogens (tertiary/aromatic N) is 1. The maximum absolute atomic E-state index is 11.7. The van der Waals surface area contributed by atoms with E-state index in [0.717, 1.165) is 6.07 Å². The van der Waals surface area contributed by atoms with Gasteiger partial charge in [0.15, 0.2) is 0 Å². The van der Waals surface area contributed by atoms with E-state index < -0.39 is 16.2 Å². The molecule has 8 heteroatoms. The fourth-order valence-corrected chi connectivity index (χ4v) is 1.64. The van der Waals surface area contributed by atoms with Crippen molar-refractivity contribution < 1.29 is 14.5 Å². The normalized spacial score (nSPS) is 10.9. The third-order valence-corrected chi connectivity index (χ3v) is 2.89. The van der Waals surface area contributed by atoms with Gasteiger partial charge in [-0.2, -0.15) is 0 Å². The highest BCUT2D eigenvalue weighted by Gasteiger charge is 2.20. The van der Waals surface area contributed by atoms with Crippen molar-refractivity contribution in [2.24, 2.45) is 11.1 Å². The summed E-state index contributed by atoms with van der Waals surface area (Å²) < 4.78 is 0. The van der Waals surface area contributed by atoms with Gasteiger partial charge in [0.05, 0.1) is 10.5 Å². The molecule has 0 atom stereocenters. The van der Waals surface area contributed by atoms with Crippen LogP contribution in [0.5, 0.6) is 0 Å². The van der Waals surface area contributed by atoms with Gasteiger partial charge in [-0.25, -0.2) is 0 Å². The fourth-order valence-electron chi connectivity index (χ4n) is 1.64. The van der Waals surface area contributed by atoms with Crippen LogP contribution in [0, 0.1) is 15.5 Å². The number of carbonyl (C=O) groups is 2. The minimum atomic E-state index is -0.759. The van der Waals surface area contributed by atoms with E-state index in [9.17, 15) is 19.7 Å². The monoisotopic (exact) mass is 308 g/mol. The molecule has 1 rings (SSSR count). The first kappa shape index (κ1) is 17.4. The van der Waals surface area contributed by atoms with Crippen molar-refractivity contribution in [3.63, 3.8) is 0 Å². The molecule has 0 saturated carbocycles. The van der Waals surface area contributed by atoms with E-state index in [1.807, 2.05) is 0 Å². The third-order valence-electron chi connectivity index (χ3n) is 2.89. The second kappa shape index (κ2) is 6.88. The molecule has 0 saturated heterocycles. The molecule has 0 bridgehead atoms. The van der Waals surface area contributed by atoms with Crippen LogP contribution >= 0.6 is 0 Å². The number of carbonyl (C=O) groups excluding carboxylic acids is 2. The van der Waals surface area contributed by atoms with Gasteiger partial charge in [-0.05, 0) is 6.07 Å². The Balaban J connectivity index is 2.68. The molecular weight excluding hydrogens is 288 g/mol. The molecule has 8 nitrogen and oxygen atoms in total. The van der Waals surface area contributed by atoms with Crippen molar-refractivity contribution in [1.82, 2.24) is 5.32 Å². The molecule has 22 heavy (non-hydrogen) atoms.